The molecular weight excluding hydrogens is 443 g/mol. The molecule has 3 N–H and O–H groups in total. The molecule has 1 amide bonds. The van der Waals surface area contributed by atoms with Crippen LogP contribution in [0.1, 0.15) is 50.4 Å². The highest BCUT2D eigenvalue weighted by atomic mass is 19.1. The number of amides is 1. The first kappa shape index (κ1) is 22.1. The maximum Gasteiger partial charge on any atom is 0.329 e. The fraction of sp³-hybridized carbons (Fsp3) is 0.417. The second-order valence-electron chi connectivity index (χ2n) is 9.44. The molecule has 2 atom stereocenters. The van der Waals surface area contributed by atoms with Crippen molar-refractivity contribution in [3.05, 3.63) is 62.8 Å². The van der Waals surface area contributed by atoms with Crippen molar-refractivity contribution < 1.29 is 19.0 Å². The topological polar surface area (TPSA) is 126 Å². The summed E-state index contributed by atoms with van der Waals surface area (Å²) in [6, 6.07) is 3.90. The average molecular weight is 468 g/mol. The molecule has 0 unspecified atom stereocenters. The monoisotopic (exact) mass is 468 g/mol. The molecule has 3 fully saturated rings. The highest BCUT2D eigenvalue weighted by Crippen LogP contribution is 2.67. The number of carbonyl (C=O) groups is 1. The van der Waals surface area contributed by atoms with Gasteiger partial charge < -0.3 is 20.1 Å². The lowest BCUT2D eigenvalue weighted by Crippen LogP contribution is -2.55. The molecule has 6 rings (SSSR count). The number of halogens is 1. The molecule has 3 aromatic rings. The van der Waals surface area contributed by atoms with Crippen LogP contribution in [-0.2, 0) is 4.79 Å². The minimum absolute atomic E-state index is 0.00131. The minimum Gasteiger partial charge on any atom is -0.504 e. The van der Waals surface area contributed by atoms with Gasteiger partial charge in [-0.3, -0.25) is 14.6 Å². The number of aromatic amines is 1. The van der Waals surface area contributed by atoms with Gasteiger partial charge in [0, 0.05) is 6.20 Å². The van der Waals surface area contributed by atoms with Crippen LogP contribution in [-0.4, -0.2) is 32.7 Å². The van der Waals surface area contributed by atoms with E-state index in [9.17, 15) is 23.9 Å². The summed E-state index contributed by atoms with van der Waals surface area (Å²) in [7, 11) is 1.50. The highest BCUT2D eigenvalue weighted by Gasteiger charge is 2.57. The van der Waals surface area contributed by atoms with Crippen molar-refractivity contribution in [1.82, 2.24) is 19.9 Å². The lowest BCUT2D eigenvalue weighted by Gasteiger charge is -2.63. The van der Waals surface area contributed by atoms with Gasteiger partial charge in [-0.1, -0.05) is 0 Å². The third kappa shape index (κ3) is 3.44. The Kier molecular flexibility index (Phi) is 5.18. The van der Waals surface area contributed by atoms with Crippen LogP contribution >= 0.6 is 0 Å². The summed E-state index contributed by atoms with van der Waals surface area (Å²) in [5.41, 5.74) is -1.30. The zero-order chi connectivity index (χ0) is 24.2. The number of benzene rings is 1. The molecule has 1 aromatic carbocycles. The Bertz CT molecular complexity index is 1400. The molecule has 0 saturated heterocycles. The molecular formula is C24H25FN4O5. The van der Waals surface area contributed by atoms with Crippen molar-refractivity contribution in [3.8, 4) is 11.5 Å². The largest absolute Gasteiger partial charge is 0.504 e. The Balaban J connectivity index is 1.56. The van der Waals surface area contributed by atoms with Crippen LogP contribution in [0.5, 0.6) is 11.5 Å². The van der Waals surface area contributed by atoms with E-state index in [0.29, 0.717) is 23.8 Å². The van der Waals surface area contributed by atoms with Crippen LogP contribution in [0, 0.1) is 17.2 Å². The van der Waals surface area contributed by atoms with Gasteiger partial charge in [0.2, 0.25) is 5.91 Å². The zero-order valence-corrected chi connectivity index (χ0v) is 18.8. The van der Waals surface area contributed by atoms with Gasteiger partial charge in [0.1, 0.15) is 22.9 Å². The predicted octanol–water partition coefficient (Wildman–Crippen LogP) is 2.55. The molecule has 2 bridgehead atoms. The van der Waals surface area contributed by atoms with Gasteiger partial charge in [0.05, 0.1) is 18.7 Å². The number of aromatic hydroxyl groups is 1. The smallest absolute Gasteiger partial charge is 0.329 e. The fourth-order valence-corrected chi connectivity index (χ4v) is 5.46. The molecule has 10 heteroatoms. The lowest BCUT2D eigenvalue weighted by molar-refractivity contribution is -0.140. The van der Waals surface area contributed by atoms with Gasteiger partial charge in [-0.15, -0.1) is 0 Å². The molecule has 34 heavy (non-hydrogen) atoms. The van der Waals surface area contributed by atoms with Crippen LogP contribution < -0.4 is 21.3 Å². The predicted molar refractivity (Wildman–Crippen MR) is 121 cm³/mol. The van der Waals surface area contributed by atoms with Crippen LogP contribution in [0.15, 0.2) is 40.1 Å². The molecule has 0 spiro atoms. The van der Waals surface area contributed by atoms with Crippen LogP contribution in [0.25, 0.3) is 10.9 Å². The summed E-state index contributed by atoms with van der Waals surface area (Å²) in [6.07, 6.45) is 4.71. The summed E-state index contributed by atoms with van der Waals surface area (Å²) in [6.45, 7) is 1.73. The Labute approximate surface area is 193 Å². The normalized spacial score (nSPS) is 22.4. The van der Waals surface area contributed by atoms with Gasteiger partial charge in [-0.05, 0) is 68.2 Å². The number of nitrogens with one attached hydrogen (secondary N) is 2. The number of methoxy groups -OCH3 is 1. The van der Waals surface area contributed by atoms with Gasteiger partial charge in [0.25, 0.3) is 5.56 Å². The maximum absolute atomic E-state index is 14.0. The maximum atomic E-state index is 14.0. The number of hydrogen-bond donors (Lipinski definition) is 3. The Hall–Kier alpha value is -3.69. The Morgan fingerprint density at radius 3 is 2.74 bits per heavy atom. The van der Waals surface area contributed by atoms with Crippen molar-refractivity contribution in [2.45, 2.75) is 44.7 Å². The van der Waals surface area contributed by atoms with E-state index in [0.717, 1.165) is 29.9 Å². The van der Waals surface area contributed by atoms with Crippen molar-refractivity contribution >= 4 is 16.8 Å². The molecule has 3 saturated carbocycles. The van der Waals surface area contributed by atoms with Crippen LogP contribution in [0.2, 0.25) is 0 Å². The fourth-order valence-electron chi connectivity index (χ4n) is 5.46. The number of fused-ring (bicyclic) bond motifs is 1. The van der Waals surface area contributed by atoms with Crippen molar-refractivity contribution in [3.63, 3.8) is 0 Å². The summed E-state index contributed by atoms with van der Waals surface area (Å²) >= 11 is 0. The van der Waals surface area contributed by atoms with Crippen molar-refractivity contribution in [2.75, 3.05) is 7.11 Å². The minimum atomic E-state index is -1.14. The van der Waals surface area contributed by atoms with E-state index in [4.69, 9.17) is 4.74 Å². The number of nitrogens with zero attached hydrogens (tertiary/aromatic N) is 2. The van der Waals surface area contributed by atoms with E-state index in [1.807, 2.05) is 0 Å². The van der Waals surface area contributed by atoms with E-state index < -0.39 is 40.8 Å². The first-order chi connectivity index (χ1) is 16.2. The molecule has 0 aliphatic heterocycles. The van der Waals surface area contributed by atoms with E-state index in [2.05, 4.69) is 15.3 Å². The molecule has 2 aromatic heterocycles. The molecule has 9 nitrogen and oxygen atoms in total. The molecule has 3 aliphatic carbocycles. The third-order valence-corrected chi connectivity index (χ3v) is 7.22. The van der Waals surface area contributed by atoms with Crippen molar-refractivity contribution in [2.24, 2.45) is 11.3 Å². The van der Waals surface area contributed by atoms with Gasteiger partial charge in [-0.25, -0.2) is 13.8 Å². The van der Waals surface area contributed by atoms with Gasteiger partial charge >= 0.3 is 5.69 Å². The number of pyridine rings is 1. The highest BCUT2D eigenvalue weighted by molar-refractivity contribution is 5.85. The Morgan fingerprint density at radius 2 is 2.09 bits per heavy atom. The number of phenolic OH excluding ortho intramolecular Hbond substituents is 1. The second-order valence-corrected chi connectivity index (χ2v) is 9.44. The quantitative estimate of drug-likeness (QED) is 0.489. The molecule has 0 radical (unpaired) electrons. The third-order valence-electron chi connectivity index (χ3n) is 7.22. The standard InChI is InChI=1S/C24H25FN4O5/c1-12(19-17(34-2)4-3-7-26-19)27-21(31)16(11-24-8-13(9-24)10-24)29-22(32)18-15(28-23(29)33)6-5-14(25)20(18)30/h3-7,12-13,16,30H,8-11H2,1-2H3,(H,27,31)(H,28,33)/t12-,13?,16+,24?/m0/s1. The van der Waals surface area contributed by atoms with E-state index in [1.165, 1.54) is 13.2 Å². The molecule has 178 valence electrons. The van der Waals surface area contributed by atoms with Crippen LogP contribution in [0.3, 0.4) is 0 Å². The number of rotatable bonds is 7. The summed E-state index contributed by atoms with van der Waals surface area (Å²) in [4.78, 5) is 46.6. The number of hydrogen-bond acceptors (Lipinski definition) is 6. The van der Waals surface area contributed by atoms with Gasteiger partial charge in [0.15, 0.2) is 11.6 Å². The first-order valence-corrected chi connectivity index (χ1v) is 11.2. The number of aromatic nitrogens is 3. The molecule has 3 aliphatic rings. The summed E-state index contributed by atoms with van der Waals surface area (Å²) in [5.74, 6) is -1.26. The van der Waals surface area contributed by atoms with Crippen LogP contribution in [0.4, 0.5) is 4.39 Å². The average Bonchev–Trinajstić information content (AvgIpc) is 2.75. The second kappa shape index (κ2) is 7.96. The first-order valence-electron chi connectivity index (χ1n) is 11.2. The number of ether oxygens (including phenoxy) is 1. The Morgan fingerprint density at radius 1 is 1.35 bits per heavy atom. The number of H-pyrrole nitrogens is 1. The van der Waals surface area contributed by atoms with E-state index in [-0.39, 0.29) is 16.3 Å². The summed E-state index contributed by atoms with van der Waals surface area (Å²) in [5, 5.41) is 12.7. The number of carbonyl (C=O) groups excluding carboxylic acids is 1. The lowest BCUT2D eigenvalue weighted by atomic mass is 9.43. The number of phenols is 1. The molecule has 2 heterocycles. The SMILES string of the molecule is COc1cccnc1[C@H](C)NC(=O)[C@@H](CC12CC(C1)C2)n1c(=O)[nH]c2ccc(F)c(O)c2c1=O. The zero-order valence-electron chi connectivity index (χ0n) is 18.8. The summed E-state index contributed by atoms with van der Waals surface area (Å²) < 4.78 is 20.1. The van der Waals surface area contributed by atoms with E-state index >= 15 is 0 Å². The van der Waals surface area contributed by atoms with E-state index in [1.54, 1.807) is 25.3 Å². The van der Waals surface area contributed by atoms with Gasteiger partial charge in [-0.2, -0.15) is 0 Å². The van der Waals surface area contributed by atoms with Crippen molar-refractivity contribution in [1.29, 1.82) is 0 Å².